The van der Waals surface area contributed by atoms with Gasteiger partial charge in [0.15, 0.2) is 0 Å². The van der Waals surface area contributed by atoms with Crippen LogP contribution in [0.5, 0.6) is 0 Å². The van der Waals surface area contributed by atoms with Gasteiger partial charge in [0, 0.05) is 43.0 Å². The molecule has 0 saturated carbocycles. The number of amides is 1. The number of fused-ring (bicyclic) bond motifs is 1. The molecule has 1 atom stereocenters. The number of nitrogens with one attached hydrogen (secondary N) is 1. The van der Waals surface area contributed by atoms with E-state index in [2.05, 4.69) is 29.4 Å². The Kier molecular flexibility index (Phi) is 2.39. The summed E-state index contributed by atoms with van der Waals surface area (Å²) in [5.74, 6) is 0.669. The highest BCUT2D eigenvalue weighted by Gasteiger charge is 2.26. The third kappa shape index (κ3) is 1.71. The molecule has 1 aromatic carbocycles. The SMILES string of the molecule is CC(=O)N1CCC(c2c[nH]c3ccccc23)C1. The predicted molar refractivity (Wildman–Crippen MR) is 67.9 cm³/mol. The third-order valence-corrected chi connectivity index (χ3v) is 3.69. The van der Waals surface area contributed by atoms with Crippen LogP contribution in [0.4, 0.5) is 0 Å². The summed E-state index contributed by atoms with van der Waals surface area (Å²) in [6, 6.07) is 8.35. The van der Waals surface area contributed by atoms with Gasteiger partial charge in [0.1, 0.15) is 0 Å². The molecule has 1 aromatic heterocycles. The molecule has 88 valence electrons. The van der Waals surface area contributed by atoms with Gasteiger partial charge in [-0.25, -0.2) is 0 Å². The Labute approximate surface area is 100 Å². The normalized spacial score (nSPS) is 20.1. The van der Waals surface area contributed by atoms with Gasteiger partial charge in [-0.05, 0) is 18.1 Å². The molecule has 0 radical (unpaired) electrons. The van der Waals surface area contributed by atoms with Crippen molar-refractivity contribution in [1.82, 2.24) is 9.88 Å². The van der Waals surface area contributed by atoms with E-state index in [-0.39, 0.29) is 5.91 Å². The van der Waals surface area contributed by atoms with E-state index < -0.39 is 0 Å². The molecule has 2 heterocycles. The molecule has 1 saturated heterocycles. The summed E-state index contributed by atoms with van der Waals surface area (Å²) in [6.45, 7) is 3.40. The molecular weight excluding hydrogens is 212 g/mol. The van der Waals surface area contributed by atoms with Crippen molar-refractivity contribution in [2.75, 3.05) is 13.1 Å². The lowest BCUT2D eigenvalue weighted by molar-refractivity contribution is -0.127. The number of nitrogens with zero attached hydrogens (tertiary/aromatic N) is 1. The Morgan fingerprint density at radius 1 is 1.41 bits per heavy atom. The number of hydrogen-bond acceptors (Lipinski definition) is 1. The number of carbonyl (C=O) groups excluding carboxylic acids is 1. The molecule has 0 spiro atoms. The summed E-state index contributed by atoms with van der Waals surface area (Å²) >= 11 is 0. The van der Waals surface area contributed by atoms with Crippen molar-refractivity contribution in [2.45, 2.75) is 19.3 Å². The van der Waals surface area contributed by atoms with Gasteiger partial charge in [-0.3, -0.25) is 4.79 Å². The number of carbonyl (C=O) groups is 1. The maximum Gasteiger partial charge on any atom is 0.219 e. The maximum absolute atomic E-state index is 11.3. The van der Waals surface area contributed by atoms with Gasteiger partial charge >= 0.3 is 0 Å². The van der Waals surface area contributed by atoms with Crippen LogP contribution in [-0.2, 0) is 4.79 Å². The molecule has 1 N–H and O–H groups in total. The number of benzene rings is 1. The summed E-state index contributed by atoms with van der Waals surface area (Å²) in [6.07, 6.45) is 3.17. The van der Waals surface area contributed by atoms with Crippen LogP contribution in [0.15, 0.2) is 30.5 Å². The summed E-state index contributed by atoms with van der Waals surface area (Å²) in [5, 5.41) is 1.29. The molecule has 1 unspecified atom stereocenters. The lowest BCUT2D eigenvalue weighted by Crippen LogP contribution is -2.25. The molecule has 3 nitrogen and oxygen atoms in total. The quantitative estimate of drug-likeness (QED) is 0.799. The first-order valence-electron chi connectivity index (χ1n) is 6.07. The van der Waals surface area contributed by atoms with E-state index in [0.29, 0.717) is 5.92 Å². The standard InChI is InChI=1S/C14H16N2O/c1-10(17)16-7-6-11(9-16)13-8-15-14-5-3-2-4-12(13)14/h2-5,8,11,15H,6-7,9H2,1H3. The number of H-pyrrole nitrogens is 1. The first kappa shape index (κ1) is 10.4. The Bertz CT molecular complexity index is 558. The van der Waals surface area contributed by atoms with Gasteiger partial charge in [-0.1, -0.05) is 18.2 Å². The Hall–Kier alpha value is -1.77. The third-order valence-electron chi connectivity index (χ3n) is 3.69. The van der Waals surface area contributed by atoms with Crippen molar-refractivity contribution in [1.29, 1.82) is 0 Å². The average molecular weight is 228 g/mol. The molecule has 17 heavy (non-hydrogen) atoms. The maximum atomic E-state index is 11.3. The van der Waals surface area contributed by atoms with Crippen LogP contribution >= 0.6 is 0 Å². The zero-order valence-corrected chi connectivity index (χ0v) is 9.94. The van der Waals surface area contributed by atoms with Crippen LogP contribution in [0.2, 0.25) is 0 Å². The average Bonchev–Trinajstić information content (AvgIpc) is 2.95. The first-order chi connectivity index (χ1) is 8.25. The lowest BCUT2D eigenvalue weighted by atomic mass is 9.98. The van der Waals surface area contributed by atoms with Crippen molar-refractivity contribution >= 4 is 16.8 Å². The minimum absolute atomic E-state index is 0.187. The van der Waals surface area contributed by atoms with Crippen LogP contribution in [0, 0.1) is 0 Å². The molecule has 0 bridgehead atoms. The van der Waals surface area contributed by atoms with Crippen LogP contribution in [0.1, 0.15) is 24.8 Å². The molecule has 3 rings (SSSR count). The number of rotatable bonds is 1. The van der Waals surface area contributed by atoms with E-state index in [1.807, 2.05) is 11.0 Å². The van der Waals surface area contributed by atoms with E-state index in [0.717, 1.165) is 19.5 Å². The second-order valence-corrected chi connectivity index (χ2v) is 4.74. The van der Waals surface area contributed by atoms with Crippen LogP contribution in [-0.4, -0.2) is 28.9 Å². The topological polar surface area (TPSA) is 36.1 Å². The van der Waals surface area contributed by atoms with E-state index in [1.54, 1.807) is 6.92 Å². The van der Waals surface area contributed by atoms with Crippen molar-refractivity contribution in [3.8, 4) is 0 Å². The number of likely N-dealkylation sites (tertiary alicyclic amines) is 1. The number of hydrogen-bond donors (Lipinski definition) is 1. The predicted octanol–water partition coefficient (Wildman–Crippen LogP) is 2.50. The minimum Gasteiger partial charge on any atom is -0.361 e. The summed E-state index contributed by atoms with van der Waals surface area (Å²) in [4.78, 5) is 16.6. The van der Waals surface area contributed by atoms with Crippen molar-refractivity contribution in [2.24, 2.45) is 0 Å². The minimum atomic E-state index is 0.187. The highest BCUT2D eigenvalue weighted by atomic mass is 16.2. The monoisotopic (exact) mass is 228 g/mol. The van der Waals surface area contributed by atoms with Crippen molar-refractivity contribution in [3.63, 3.8) is 0 Å². The van der Waals surface area contributed by atoms with Crippen LogP contribution < -0.4 is 0 Å². The van der Waals surface area contributed by atoms with Gasteiger partial charge in [-0.2, -0.15) is 0 Å². The highest BCUT2D eigenvalue weighted by molar-refractivity contribution is 5.84. The van der Waals surface area contributed by atoms with Crippen molar-refractivity contribution in [3.05, 3.63) is 36.0 Å². The van der Waals surface area contributed by atoms with E-state index >= 15 is 0 Å². The zero-order chi connectivity index (χ0) is 11.8. The first-order valence-corrected chi connectivity index (χ1v) is 6.07. The second-order valence-electron chi connectivity index (χ2n) is 4.74. The molecular formula is C14H16N2O. The fraction of sp³-hybridized carbons (Fsp3) is 0.357. The summed E-state index contributed by atoms with van der Waals surface area (Å²) < 4.78 is 0. The van der Waals surface area contributed by atoms with Gasteiger partial charge in [0.2, 0.25) is 5.91 Å². The van der Waals surface area contributed by atoms with E-state index in [9.17, 15) is 4.79 Å². The van der Waals surface area contributed by atoms with Gasteiger partial charge in [0.25, 0.3) is 0 Å². The fourth-order valence-corrected chi connectivity index (χ4v) is 2.73. The van der Waals surface area contributed by atoms with E-state index in [4.69, 9.17) is 0 Å². The smallest absolute Gasteiger partial charge is 0.219 e. The summed E-state index contributed by atoms with van der Waals surface area (Å²) in [5.41, 5.74) is 2.54. The van der Waals surface area contributed by atoms with E-state index in [1.165, 1.54) is 16.5 Å². The molecule has 1 amide bonds. The fourth-order valence-electron chi connectivity index (χ4n) is 2.73. The van der Waals surface area contributed by atoms with Gasteiger partial charge < -0.3 is 9.88 Å². The Balaban J connectivity index is 1.93. The largest absolute Gasteiger partial charge is 0.361 e. The van der Waals surface area contributed by atoms with Crippen LogP contribution in [0.3, 0.4) is 0 Å². The highest BCUT2D eigenvalue weighted by Crippen LogP contribution is 2.32. The number of aromatic nitrogens is 1. The molecule has 3 heteroatoms. The second kappa shape index (κ2) is 3.91. The van der Waals surface area contributed by atoms with Gasteiger partial charge in [-0.15, -0.1) is 0 Å². The molecule has 1 aliphatic rings. The van der Waals surface area contributed by atoms with Gasteiger partial charge in [0.05, 0.1) is 0 Å². The lowest BCUT2D eigenvalue weighted by Gasteiger charge is -2.13. The molecule has 1 fully saturated rings. The van der Waals surface area contributed by atoms with Crippen LogP contribution in [0.25, 0.3) is 10.9 Å². The van der Waals surface area contributed by atoms with Crippen molar-refractivity contribution < 1.29 is 4.79 Å². The Morgan fingerprint density at radius 2 is 2.24 bits per heavy atom. The molecule has 2 aromatic rings. The molecule has 0 aliphatic carbocycles. The Morgan fingerprint density at radius 3 is 3.00 bits per heavy atom. The zero-order valence-electron chi connectivity index (χ0n) is 9.94. The summed E-state index contributed by atoms with van der Waals surface area (Å²) in [7, 11) is 0. The molecule has 1 aliphatic heterocycles. The number of para-hydroxylation sites is 1. The number of aromatic amines is 1.